The molecule has 1 N–H and O–H groups in total. The molecule has 0 atom stereocenters. The zero-order valence-corrected chi connectivity index (χ0v) is 15.4. The molecule has 0 fully saturated rings. The Morgan fingerprint density at radius 1 is 1.23 bits per heavy atom. The molecule has 7 nitrogen and oxygen atoms in total. The molecule has 0 aliphatic rings. The molecule has 9 heteroatoms. The monoisotopic (exact) mass is 390 g/mol. The van der Waals surface area contributed by atoms with Crippen molar-refractivity contribution in [2.24, 2.45) is 0 Å². The van der Waals surface area contributed by atoms with Crippen LogP contribution in [0.15, 0.2) is 52.2 Å². The number of amides is 1. The third kappa shape index (κ3) is 4.96. The Labute approximate surface area is 159 Å². The van der Waals surface area contributed by atoms with E-state index in [4.69, 9.17) is 20.8 Å². The van der Waals surface area contributed by atoms with Crippen molar-refractivity contribution in [2.75, 3.05) is 12.9 Å². The number of halogens is 1. The number of hydrogen-bond acceptors (Lipinski definition) is 7. The van der Waals surface area contributed by atoms with Gasteiger partial charge < -0.3 is 14.5 Å². The summed E-state index contributed by atoms with van der Waals surface area (Å²) in [5.41, 5.74) is 1.65. The van der Waals surface area contributed by atoms with Crippen molar-refractivity contribution in [1.29, 1.82) is 0 Å². The molecule has 3 aromatic rings. The Morgan fingerprint density at radius 3 is 2.73 bits per heavy atom. The van der Waals surface area contributed by atoms with E-state index in [1.54, 1.807) is 43.6 Å². The van der Waals surface area contributed by atoms with E-state index in [0.717, 1.165) is 11.1 Å². The molecule has 2 aromatic heterocycles. The van der Waals surface area contributed by atoms with Crippen LogP contribution >= 0.6 is 23.4 Å². The normalized spacial score (nSPS) is 10.5. The zero-order chi connectivity index (χ0) is 18.4. The number of nitrogens with one attached hydrogen (secondary N) is 1. The van der Waals surface area contributed by atoms with Gasteiger partial charge in [0.25, 0.3) is 5.22 Å². The van der Waals surface area contributed by atoms with Gasteiger partial charge in [-0.25, -0.2) is 4.98 Å². The van der Waals surface area contributed by atoms with Crippen molar-refractivity contribution in [1.82, 2.24) is 20.5 Å². The lowest BCUT2D eigenvalue weighted by Gasteiger charge is -2.04. The first-order chi connectivity index (χ1) is 12.6. The molecule has 0 spiro atoms. The topological polar surface area (TPSA) is 90.1 Å². The van der Waals surface area contributed by atoms with Gasteiger partial charge in [-0.15, -0.1) is 10.2 Å². The first kappa shape index (κ1) is 18.2. The van der Waals surface area contributed by atoms with Gasteiger partial charge >= 0.3 is 0 Å². The average molecular weight is 391 g/mol. The van der Waals surface area contributed by atoms with Gasteiger partial charge in [0.1, 0.15) is 0 Å². The number of carbonyl (C=O) groups excluding carboxylic acids is 1. The third-order valence-corrected chi connectivity index (χ3v) is 4.39. The molecule has 0 saturated carbocycles. The molecule has 26 heavy (non-hydrogen) atoms. The maximum absolute atomic E-state index is 11.9. The van der Waals surface area contributed by atoms with Crippen LogP contribution in [0.3, 0.4) is 0 Å². The molecule has 3 rings (SSSR count). The largest absolute Gasteiger partial charge is 0.481 e. The van der Waals surface area contributed by atoms with E-state index < -0.39 is 0 Å². The molecule has 0 aliphatic carbocycles. The van der Waals surface area contributed by atoms with Crippen molar-refractivity contribution >= 4 is 29.3 Å². The summed E-state index contributed by atoms with van der Waals surface area (Å²) in [6.45, 7) is 0.385. The lowest BCUT2D eigenvalue weighted by atomic mass is 10.2. The highest BCUT2D eigenvalue weighted by molar-refractivity contribution is 7.99. The summed E-state index contributed by atoms with van der Waals surface area (Å²) in [7, 11) is 1.55. The summed E-state index contributed by atoms with van der Waals surface area (Å²) in [6.07, 6.45) is 1.66. The summed E-state index contributed by atoms with van der Waals surface area (Å²) >= 11 is 7.03. The van der Waals surface area contributed by atoms with Crippen LogP contribution in [0.5, 0.6) is 5.88 Å². The molecular weight excluding hydrogens is 376 g/mol. The highest BCUT2D eigenvalue weighted by Gasteiger charge is 2.11. The minimum absolute atomic E-state index is 0.142. The summed E-state index contributed by atoms with van der Waals surface area (Å²) in [5.74, 6) is 0.945. The Morgan fingerprint density at radius 2 is 2.04 bits per heavy atom. The minimum Gasteiger partial charge on any atom is -0.481 e. The van der Waals surface area contributed by atoms with E-state index in [-0.39, 0.29) is 11.7 Å². The molecule has 0 saturated heterocycles. The highest BCUT2D eigenvalue weighted by Crippen LogP contribution is 2.24. The van der Waals surface area contributed by atoms with Crippen molar-refractivity contribution in [3.8, 4) is 17.3 Å². The minimum atomic E-state index is -0.142. The lowest BCUT2D eigenvalue weighted by molar-refractivity contribution is -0.118. The predicted molar refractivity (Wildman–Crippen MR) is 98.1 cm³/mol. The van der Waals surface area contributed by atoms with Crippen LogP contribution in [0.2, 0.25) is 5.02 Å². The van der Waals surface area contributed by atoms with Gasteiger partial charge in [-0.1, -0.05) is 29.4 Å². The molecule has 1 amide bonds. The van der Waals surface area contributed by atoms with Crippen molar-refractivity contribution in [3.63, 3.8) is 0 Å². The number of methoxy groups -OCH3 is 1. The first-order valence-electron chi connectivity index (χ1n) is 7.62. The standard InChI is InChI=1S/C17H15ClN4O3S/c1-24-15-7-2-11(9-20-15)8-19-14(23)10-26-17-22-21-16(25-17)12-3-5-13(18)6-4-12/h2-7,9H,8,10H2,1H3,(H,19,23). The maximum Gasteiger partial charge on any atom is 0.277 e. The number of nitrogens with zero attached hydrogens (tertiary/aromatic N) is 3. The Bertz CT molecular complexity index is 868. The molecule has 0 unspecified atom stereocenters. The SMILES string of the molecule is COc1ccc(CNC(=O)CSc2nnc(-c3ccc(Cl)cc3)o2)cn1. The number of hydrogen-bond donors (Lipinski definition) is 1. The number of carbonyl (C=O) groups is 1. The molecule has 2 heterocycles. The van der Waals surface area contributed by atoms with E-state index in [1.165, 1.54) is 11.8 Å². The number of pyridine rings is 1. The lowest BCUT2D eigenvalue weighted by Crippen LogP contribution is -2.24. The second-order valence-electron chi connectivity index (χ2n) is 5.15. The van der Waals surface area contributed by atoms with Crippen molar-refractivity contribution in [2.45, 2.75) is 11.8 Å². The summed E-state index contributed by atoms with van der Waals surface area (Å²) in [6, 6.07) is 10.7. The third-order valence-electron chi connectivity index (χ3n) is 3.32. The van der Waals surface area contributed by atoms with Crippen LogP contribution in [-0.2, 0) is 11.3 Å². The highest BCUT2D eigenvalue weighted by atomic mass is 35.5. The van der Waals surface area contributed by atoms with Gasteiger partial charge in [0, 0.05) is 29.4 Å². The van der Waals surface area contributed by atoms with Crippen LogP contribution in [0.25, 0.3) is 11.5 Å². The number of rotatable bonds is 7. The quantitative estimate of drug-likeness (QED) is 0.619. The second-order valence-corrected chi connectivity index (χ2v) is 6.52. The average Bonchev–Trinajstić information content (AvgIpc) is 3.14. The van der Waals surface area contributed by atoms with E-state index >= 15 is 0 Å². The fourth-order valence-electron chi connectivity index (χ4n) is 1.99. The van der Waals surface area contributed by atoms with Crippen molar-refractivity contribution < 1.29 is 13.9 Å². The van der Waals surface area contributed by atoms with Gasteiger partial charge in [0.2, 0.25) is 17.7 Å². The van der Waals surface area contributed by atoms with Gasteiger partial charge in [0.15, 0.2) is 0 Å². The van der Waals surface area contributed by atoms with Crippen LogP contribution in [0, 0.1) is 0 Å². The van der Waals surface area contributed by atoms with Crippen LogP contribution in [-0.4, -0.2) is 34.0 Å². The van der Waals surface area contributed by atoms with Gasteiger partial charge in [0.05, 0.1) is 12.9 Å². The van der Waals surface area contributed by atoms with Crippen LogP contribution in [0.4, 0.5) is 0 Å². The number of aromatic nitrogens is 3. The Hall–Kier alpha value is -2.58. The maximum atomic E-state index is 11.9. The zero-order valence-electron chi connectivity index (χ0n) is 13.8. The summed E-state index contributed by atoms with van der Waals surface area (Å²) in [5, 5.41) is 11.7. The molecule has 1 aromatic carbocycles. The van der Waals surface area contributed by atoms with Gasteiger partial charge in [-0.3, -0.25) is 4.79 Å². The second kappa shape index (κ2) is 8.68. The van der Waals surface area contributed by atoms with Gasteiger partial charge in [-0.05, 0) is 29.8 Å². The fraction of sp³-hybridized carbons (Fsp3) is 0.176. The van der Waals surface area contributed by atoms with E-state index in [0.29, 0.717) is 28.6 Å². The molecular formula is C17H15ClN4O3S. The smallest absolute Gasteiger partial charge is 0.277 e. The Kier molecular flexibility index (Phi) is 6.08. The molecule has 0 aliphatic heterocycles. The molecule has 0 bridgehead atoms. The van der Waals surface area contributed by atoms with E-state index in [9.17, 15) is 4.79 Å². The van der Waals surface area contributed by atoms with Crippen molar-refractivity contribution in [3.05, 3.63) is 53.2 Å². The predicted octanol–water partition coefficient (Wildman–Crippen LogP) is 3.20. The first-order valence-corrected chi connectivity index (χ1v) is 8.98. The van der Waals surface area contributed by atoms with E-state index in [2.05, 4.69) is 20.5 Å². The number of benzene rings is 1. The summed E-state index contributed by atoms with van der Waals surface area (Å²) in [4.78, 5) is 16.0. The van der Waals surface area contributed by atoms with E-state index in [1.807, 2.05) is 6.07 Å². The fourth-order valence-corrected chi connectivity index (χ4v) is 2.71. The number of ether oxygens (including phenoxy) is 1. The van der Waals surface area contributed by atoms with Crippen LogP contribution in [0.1, 0.15) is 5.56 Å². The molecule has 134 valence electrons. The number of thioether (sulfide) groups is 1. The van der Waals surface area contributed by atoms with Crippen LogP contribution < -0.4 is 10.1 Å². The Balaban J connectivity index is 1.47. The summed E-state index contributed by atoms with van der Waals surface area (Å²) < 4.78 is 10.5. The molecule has 0 radical (unpaired) electrons. The van der Waals surface area contributed by atoms with Gasteiger partial charge in [-0.2, -0.15) is 0 Å².